The fraction of sp³-hybridized carbons (Fsp3) is 0.182. The lowest BCUT2D eigenvalue weighted by Gasteiger charge is -2.02. The summed E-state index contributed by atoms with van der Waals surface area (Å²) < 4.78 is 0. The summed E-state index contributed by atoms with van der Waals surface area (Å²) in [5.74, 6) is -3.72. The SMILES string of the molecule is CCc1ccc(C(=O)NC(=O)C(=O)O)cc1. The third-order valence-electron chi connectivity index (χ3n) is 2.05. The fourth-order valence-electron chi connectivity index (χ4n) is 1.12. The molecule has 2 amide bonds. The number of hydrogen-bond donors (Lipinski definition) is 2. The molecule has 0 saturated heterocycles. The molecule has 0 aliphatic rings. The zero-order valence-corrected chi connectivity index (χ0v) is 8.69. The number of benzene rings is 1. The molecule has 0 bridgehead atoms. The Bertz CT molecular complexity index is 422. The molecule has 5 heteroatoms. The van der Waals surface area contributed by atoms with Crippen LogP contribution in [-0.4, -0.2) is 22.9 Å². The molecule has 0 saturated carbocycles. The van der Waals surface area contributed by atoms with Gasteiger partial charge in [-0.3, -0.25) is 14.9 Å². The third-order valence-corrected chi connectivity index (χ3v) is 2.05. The van der Waals surface area contributed by atoms with E-state index in [2.05, 4.69) is 0 Å². The minimum Gasteiger partial charge on any atom is -0.474 e. The van der Waals surface area contributed by atoms with E-state index in [1.54, 1.807) is 29.6 Å². The van der Waals surface area contributed by atoms with E-state index in [0.717, 1.165) is 12.0 Å². The first-order chi connectivity index (χ1) is 7.54. The Hall–Kier alpha value is -2.17. The molecule has 0 aliphatic carbocycles. The normalized spacial score (nSPS) is 9.56. The topological polar surface area (TPSA) is 83.5 Å². The molecule has 0 spiro atoms. The molecule has 2 N–H and O–H groups in total. The van der Waals surface area contributed by atoms with Crippen molar-refractivity contribution in [2.45, 2.75) is 13.3 Å². The summed E-state index contributed by atoms with van der Waals surface area (Å²) in [5, 5.41) is 10.1. The number of carbonyl (C=O) groups is 3. The van der Waals surface area contributed by atoms with Gasteiger partial charge in [0, 0.05) is 5.56 Å². The molecule has 0 fully saturated rings. The Morgan fingerprint density at radius 2 is 1.75 bits per heavy atom. The Morgan fingerprint density at radius 1 is 1.19 bits per heavy atom. The van der Waals surface area contributed by atoms with Crippen LogP contribution in [0.4, 0.5) is 0 Å². The highest BCUT2D eigenvalue weighted by atomic mass is 16.4. The van der Waals surface area contributed by atoms with Crippen LogP contribution in [0.15, 0.2) is 24.3 Å². The van der Waals surface area contributed by atoms with E-state index in [1.165, 1.54) is 0 Å². The van der Waals surface area contributed by atoms with E-state index in [9.17, 15) is 14.4 Å². The molecule has 1 rings (SSSR count). The highest BCUT2D eigenvalue weighted by Crippen LogP contribution is 2.04. The van der Waals surface area contributed by atoms with E-state index in [1.807, 2.05) is 6.92 Å². The van der Waals surface area contributed by atoms with Gasteiger partial charge < -0.3 is 5.11 Å². The highest BCUT2D eigenvalue weighted by Gasteiger charge is 2.15. The van der Waals surface area contributed by atoms with Crippen molar-refractivity contribution in [3.05, 3.63) is 35.4 Å². The van der Waals surface area contributed by atoms with Crippen molar-refractivity contribution < 1.29 is 19.5 Å². The van der Waals surface area contributed by atoms with Crippen LogP contribution in [0.5, 0.6) is 0 Å². The maximum absolute atomic E-state index is 11.4. The molecule has 0 unspecified atom stereocenters. The molecule has 1 aromatic rings. The average Bonchev–Trinajstić information content (AvgIpc) is 2.28. The number of imide groups is 1. The van der Waals surface area contributed by atoms with Crippen molar-refractivity contribution in [2.24, 2.45) is 0 Å². The molecule has 0 aromatic heterocycles. The van der Waals surface area contributed by atoms with Crippen molar-refractivity contribution in [3.63, 3.8) is 0 Å². The van der Waals surface area contributed by atoms with E-state index in [4.69, 9.17) is 5.11 Å². The summed E-state index contributed by atoms with van der Waals surface area (Å²) in [6, 6.07) is 6.59. The molecule has 0 radical (unpaired) electrons. The number of aryl methyl sites for hydroxylation is 1. The van der Waals surface area contributed by atoms with Crippen LogP contribution < -0.4 is 5.32 Å². The predicted molar refractivity (Wildman–Crippen MR) is 55.9 cm³/mol. The largest absolute Gasteiger partial charge is 0.474 e. The van der Waals surface area contributed by atoms with Crippen LogP contribution >= 0.6 is 0 Å². The zero-order chi connectivity index (χ0) is 12.1. The highest BCUT2D eigenvalue weighted by molar-refractivity contribution is 6.35. The first-order valence-electron chi connectivity index (χ1n) is 4.72. The second kappa shape index (κ2) is 5.06. The number of carboxylic acid groups (broad SMARTS) is 1. The van der Waals surface area contributed by atoms with Gasteiger partial charge >= 0.3 is 11.9 Å². The maximum atomic E-state index is 11.4. The molecule has 5 nitrogen and oxygen atoms in total. The van der Waals surface area contributed by atoms with Crippen molar-refractivity contribution >= 4 is 17.8 Å². The number of amides is 2. The van der Waals surface area contributed by atoms with E-state index < -0.39 is 17.8 Å². The number of carbonyl (C=O) groups excluding carboxylic acids is 2. The second-order valence-corrected chi connectivity index (χ2v) is 3.14. The van der Waals surface area contributed by atoms with Crippen LogP contribution in [0.25, 0.3) is 0 Å². The summed E-state index contributed by atoms with van der Waals surface area (Å²) in [6.45, 7) is 1.98. The van der Waals surface area contributed by atoms with Gasteiger partial charge in [-0.25, -0.2) is 4.79 Å². The second-order valence-electron chi connectivity index (χ2n) is 3.14. The van der Waals surface area contributed by atoms with Crippen LogP contribution in [0.3, 0.4) is 0 Å². The summed E-state index contributed by atoms with van der Waals surface area (Å²) in [7, 11) is 0. The Labute approximate surface area is 92.1 Å². The van der Waals surface area contributed by atoms with Gasteiger partial charge in [0.1, 0.15) is 0 Å². The predicted octanol–water partition coefficient (Wildman–Crippen LogP) is 0.590. The monoisotopic (exact) mass is 221 g/mol. The smallest absolute Gasteiger partial charge is 0.394 e. The molecular formula is C11H11NO4. The van der Waals surface area contributed by atoms with Gasteiger partial charge in [0.05, 0.1) is 0 Å². The van der Waals surface area contributed by atoms with Crippen LogP contribution in [-0.2, 0) is 16.0 Å². The van der Waals surface area contributed by atoms with Crippen LogP contribution in [0, 0.1) is 0 Å². The number of aliphatic carboxylic acids is 1. The lowest BCUT2D eigenvalue weighted by molar-refractivity contribution is -0.149. The first kappa shape index (κ1) is 11.9. The molecule has 1 aromatic carbocycles. The minimum atomic E-state index is -1.68. The zero-order valence-electron chi connectivity index (χ0n) is 8.69. The standard InChI is InChI=1S/C11H11NO4/c1-2-7-3-5-8(6-4-7)9(13)12-10(14)11(15)16/h3-6H,2H2,1H3,(H,15,16)(H,12,13,14). The maximum Gasteiger partial charge on any atom is 0.394 e. The summed E-state index contributed by atoms with van der Waals surface area (Å²) in [4.78, 5) is 32.3. The summed E-state index contributed by atoms with van der Waals surface area (Å²) >= 11 is 0. The van der Waals surface area contributed by atoms with Gasteiger partial charge in [0.25, 0.3) is 5.91 Å². The van der Waals surface area contributed by atoms with Crippen molar-refractivity contribution in [1.29, 1.82) is 0 Å². The number of rotatable bonds is 2. The Morgan fingerprint density at radius 3 is 2.19 bits per heavy atom. The molecule has 84 valence electrons. The van der Waals surface area contributed by atoms with Gasteiger partial charge in [0.2, 0.25) is 0 Å². The van der Waals surface area contributed by atoms with E-state index in [0.29, 0.717) is 0 Å². The van der Waals surface area contributed by atoms with Gasteiger partial charge in [-0.05, 0) is 24.1 Å². The van der Waals surface area contributed by atoms with Gasteiger partial charge in [-0.1, -0.05) is 19.1 Å². The molecule has 0 aliphatic heterocycles. The number of carboxylic acids is 1. The van der Waals surface area contributed by atoms with Gasteiger partial charge in [-0.2, -0.15) is 0 Å². The van der Waals surface area contributed by atoms with Gasteiger partial charge in [-0.15, -0.1) is 0 Å². The van der Waals surface area contributed by atoms with E-state index >= 15 is 0 Å². The molecular weight excluding hydrogens is 210 g/mol. The third kappa shape index (κ3) is 2.91. The van der Waals surface area contributed by atoms with Crippen molar-refractivity contribution in [2.75, 3.05) is 0 Å². The number of hydrogen-bond acceptors (Lipinski definition) is 3. The Kier molecular flexibility index (Phi) is 3.77. The van der Waals surface area contributed by atoms with Crippen molar-refractivity contribution in [3.8, 4) is 0 Å². The molecule has 0 heterocycles. The quantitative estimate of drug-likeness (QED) is 0.716. The molecule has 16 heavy (non-hydrogen) atoms. The summed E-state index contributed by atoms with van der Waals surface area (Å²) in [5.41, 5.74) is 1.31. The van der Waals surface area contributed by atoms with Crippen LogP contribution in [0.1, 0.15) is 22.8 Å². The Balaban J connectivity index is 2.73. The van der Waals surface area contributed by atoms with Gasteiger partial charge in [0.15, 0.2) is 0 Å². The van der Waals surface area contributed by atoms with Crippen molar-refractivity contribution in [1.82, 2.24) is 5.32 Å². The lowest BCUT2D eigenvalue weighted by atomic mass is 10.1. The molecule has 0 atom stereocenters. The fourth-order valence-corrected chi connectivity index (χ4v) is 1.12. The minimum absolute atomic E-state index is 0.256. The number of nitrogens with one attached hydrogen (secondary N) is 1. The first-order valence-corrected chi connectivity index (χ1v) is 4.72. The summed E-state index contributed by atoms with van der Waals surface area (Å²) in [6.07, 6.45) is 0.843. The average molecular weight is 221 g/mol. The van der Waals surface area contributed by atoms with Crippen LogP contribution in [0.2, 0.25) is 0 Å². The van der Waals surface area contributed by atoms with E-state index in [-0.39, 0.29) is 5.56 Å². The lowest BCUT2D eigenvalue weighted by Crippen LogP contribution is -2.35.